The van der Waals surface area contributed by atoms with E-state index in [9.17, 15) is 4.79 Å². The van der Waals surface area contributed by atoms with Crippen molar-refractivity contribution in [2.24, 2.45) is 0 Å². The zero-order valence-electron chi connectivity index (χ0n) is 19.7. The summed E-state index contributed by atoms with van der Waals surface area (Å²) in [5.74, 6) is 1.61. The summed E-state index contributed by atoms with van der Waals surface area (Å²) in [7, 11) is 1.65. The van der Waals surface area contributed by atoms with Gasteiger partial charge in [0.15, 0.2) is 5.82 Å². The molecule has 1 aromatic heterocycles. The normalized spacial score (nSPS) is 14.2. The van der Waals surface area contributed by atoms with Crippen molar-refractivity contribution in [2.45, 2.75) is 26.2 Å². The van der Waals surface area contributed by atoms with Gasteiger partial charge in [-0.05, 0) is 47.4 Å². The lowest BCUT2D eigenvalue weighted by molar-refractivity contribution is 0.208. The molecule has 7 nitrogen and oxygen atoms in total. The number of nitrogens with one attached hydrogen (secondary N) is 1. The van der Waals surface area contributed by atoms with Crippen molar-refractivity contribution in [3.05, 3.63) is 66.2 Å². The Balaban J connectivity index is 1.32. The predicted molar refractivity (Wildman–Crippen MR) is 132 cm³/mol. The molecule has 172 valence electrons. The zero-order valence-corrected chi connectivity index (χ0v) is 19.7. The molecule has 2 heterocycles. The van der Waals surface area contributed by atoms with Crippen LogP contribution < -0.4 is 15.0 Å². The van der Waals surface area contributed by atoms with E-state index in [4.69, 9.17) is 4.74 Å². The fourth-order valence-electron chi connectivity index (χ4n) is 3.82. The summed E-state index contributed by atoms with van der Waals surface area (Å²) in [5.41, 5.74) is 3.91. The third-order valence-corrected chi connectivity index (χ3v) is 5.91. The molecule has 4 rings (SSSR count). The van der Waals surface area contributed by atoms with Crippen LogP contribution in [-0.4, -0.2) is 54.4 Å². The first-order valence-corrected chi connectivity index (χ1v) is 11.2. The minimum Gasteiger partial charge on any atom is -0.497 e. The number of nitrogens with zero attached hydrogens (tertiary/aromatic N) is 4. The number of ether oxygens (including phenoxy) is 1. The van der Waals surface area contributed by atoms with Crippen molar-refractivity contribution in [2.75, 3.05) is 43.5 Å². The molecule has 0 bridgehead atoms. The molecule has 2 aromatic carbocycles. The van der Waals surface area contributed by atoms with Gasteiger partial charge in [0.1, 0.15) is 5.75 Å². The highest BCUT2D eigenvalue weighted by atomic mass is 16.5. The van der Waals surface area contributed by atoms with Crippen LogP contribution in [0, 0.1) is 0 Å². The maximum atomic E-state index is 12.7. The number of urea groups is 1. The number of piperazine rings is 1. The average Bonchev–Trinajstić information content (AvgIpc) is 2.84. The number of aromatic nitrogens is 2. The summed E-state index contributed by atoms with van der Waals surface area (Å²) in [6.07, 6.45) is 0. The summed E-state index contributed by atoms with van der Waals surface area (Å²) in [6, 6.07) is 19.7. The second kappa shape index (κ2) is 9.48. The SMILES string of the molecule is COc1cccc(-c2ccc(N3CCN(C(=O)Nc4ccc(C(C)(C)C)cc4)CC3)nn2)c1. The number of anilines is 2. The van der Waals surface area contributed by atoms with Crippen LogP contribution in [0.4, 0.5) is 16.3 Å². The number of rotatable bonds is 4. The van der Waals surface area contributed by atoms with E-state index >= 15 is 0 Å². The van der Waals surface area contributed by atoms with Crippen LogP contribution in [0.15, 0.2) is 60.7 Å². The molecule has 7 heteroatoms. The Morgan fingerprint density at radius 2 is 1.67 bits per heavy atom. The third-order valence-electron chi connectivity index (χ3n) is 5.91. The van der Waals surface area contributed by atoms with Crippen LogP contribution in [0.25, 0.3) is 11.3 Å². The Morgan fingerprint density at radius 3 is 2.27 bits per heavy atom. The van der Waals surface area contributed by atoms with Gasteiger partial charge < -0.3 is 19.9 Å². The summed E-state index contributed by atoms with van der Waals surface area (Å²) in [6.45, 7) is 9.22. The van der Waals surface area contributed by atoms with E-state index < -0.39 is 0 Å². The molecule has 0 atom stereocenters. The monoisotopic (exact) mass is 445 g/mol. The van der Waals surface area contributed by atoms with Crippen molar-refractivity contribution in [1.29, 1.82) is 0 Å². The van der Waals surface area contributed by atoms with Gasteiger partial charge in [-0.15, -0.1) is 10.2 Å². The van der Waals surface area contributed by atoms with Crippen LogP contribution in [0.1, 0.15) is 26.3 Å². The molecule has 2 amide bonds. The smallest absolute Gasteiger partial charge is 0.321 e. The Bertz CT molecular complexity index is 1080. The molecular weight excluding hydrogens is 414 g/mol. The Morgan fingerprint density at radius 1 is 0.939 bits per heavy atom. The molecule has 33 heavy (non-hydrogen) atoms. The van der Waals surface area contributed by atoms with E-state index in [0.717, 1.165) is 28.5 Å². The van der Waals surface area contributed by atoms with Gasteiger partial charge in [-0.2, -0.15) is 0 Å². The predicted octanol–water partition coefficient (Wildman–Crippen LogP) is 4.80. The fourth-order valence-corrected chi connectivity index (χ4v) is 3.82. The fraction of sp³-hybridized carbons (Fsp3) is 0.346. The van der Waals surface area contributed by atoms with Crippen LogP contribution in [0.5, 0.6) is 5.75 Å². The number of amides is 2. The highest BCUT2D eigenvalue weighted by molar-refractivity contribution is 5.89. The molecular formula is C26H31N5O2. The lowest BCUT2D eigenvalue weighted by Gasteiger charge is -2.35. The summed E-state index contributed by atoms with van der Waals surface area (Å²) in [5, 5.41) is 11.8. The van der Waals surface area contributed by atoms with E-state index in [2.05, 4.69) is 53.3 Å². The van der Waals surface area contributed by atoms with E-state index in [0.29, 0.717) is 26.2 Å². The lowest BCUT2D eigenvalue weighted by Crippen LogP contribution is -2.50. The summed E-state index contributed by atoms with van der Waals surface area (Å²) in [4.78, 5) is 16.7. The standard InChI is InChI=1S/C26H31N5O2/c1-26(2,3)20-8-10-21(11-9-20)27-25(32)31-16-14-30(15-17-31)24-13-12-23(28-29-24)19-6-5-7-22(18-19)33-4/h5-13,18H,14-17H2,1-4H3,(H,27,32). The van der Waals surface area contributed by atoms with Crippen molar-refractivity contribution in [3.8, 4) is 17.0 Å². The molecule has 0 saturated carbocycles. The number of hydrogen-bond acceptors (Lipinski definition) is 5. The number of benzene rings is 2. The van der Waals surface area contributed by atoms with Gasteiger partial charge in [0, 0.05) is 37.4 Å². The minimum atomic E-state index is -0.0717. The first-order valence-electron chi connectivity index (χ1n) is 11.2. The molecule has 0 aliphatic carbocycles. The first kappa shape index (κ1) is 22.6. The quantitative estimate of drug-likeness (QED) is 0.624. The highest BCUT2D eigenvalue weighted by Crippen LogP contribution is 2.25. The summed E-state index contributed by atoms with van der Waals surface area (Å²) < 4.78 is 5.29. The zero-order chi connectivity index (χ0) is 23.4. The van der Waals surface area contributed by atoms with Crippen LogP contribution >= 0.6 is 0 Å². The third kappa shape index (κ3) is 5.42. The maximum absolute atomic E-state index is 12.7. The topological polar surface area (TPSA) is 70.6 Å². The highest BCUT2D eigenvalue weighted by Gasteiger charge is 2.22. The van der Waals surface area contributed by atoms with Gasteiger partial charge in [0.2, 0.25) is 0 Å². The van der Waals surface area contributed by atoms with Gasteiger partial charge in [0.05, 0.1) is 12.8 Å². The largest absolute Gasteiger partial charge is 0.497 e. The molecule has 3 aromatic rings. The molecule has 0 spiro atoms. The number of carbonyl (C=O) groups excluding carboxylic acids is 1. The van der Waals surface area contributed by atoms with Crippen LogP contribution in [0.2, 0.25) is 0 Å². The van der Waals surface area contributed by atoms with Crippen molar-refractivity contribution >= 4 is 17.5 Å². The van der Waals surface area contributed by atoms with E-state index in [1.165, 1.54) is 5.56 Å². The minimum absolute atomic E-state index is 0.0717. The van der Waals surface area contributed by atoms with Gasteiger partial charge in [-0.25, -0.2) is 4.79 Å². The van der Waals surface area contributed by atoms with Crippen molar-refractivity contribution in [1.82, 2.24) is 15.1 Å². The molecule has 0 radical (unpaired) electrons. The second-order valence-corrected chi connectivity index (χ2v) is 9.24. The molecule has 1 fully saturated rings. The van der Waals surface area contributed by atoms with Crippen LogP contribution in [-0.2, 0) is 5.41 Å². The van der Waals surface area contributed by atoms with Crippen LogP contribution in [0.3, 0.4) is 0 Å². The second-order valence-electron chi connectivity index (χ2n) is 9.24. The number of hydrogen-bond donors (Lipinski definition) is 1. The van der Waals surface area contributed by atoms with Crippen molar-refractivity contribution in [3.63, 3.8) is 0 Å². The average molecular weight is 446 g/mol. The van der Waals surface area contributed by atoms with E-state index in [-0.39, 0.29) is 11.4 Å². The van der Waals surface area contributed by atoms with E-state index in [1.807, 2.05) is 53.4 Å². The molecule has 1 saturated heterocycles. The van der Waals surface area contributed by atoms with Gasteiger partial charge in [-0.3, -0.25) is 0 Å². The van der Waals surface area contributed by atoms with Gasteiger partial charge in [-0.1, -0.05) is 45.0 Å². The lowest BCUT2D eigenvalue weighted by atomic mass is 9.87. The Labute approximate surface area is 195 Å². The van der Waals surface area contributed by atoms with E-state index in [1.54, 1.807) is 7.11 Å². The number of methoxy groups -OCH3 is 1. The van der Waals surface area contributed by atoms with Gasteiger partial charge >= 0.3 is 6.03 Å². The van der Waals surface area contributed by atoms with Gasteiger partial charge in [0.25, 0.3) is 0 Å². The maximum Gasteiger partial charge on any atom is 0.321 e. The molecule has 0 unspecified atom stereocenters. The molecule has 1 N–H and O–H groups in total. The Kier molecular flexibility index (Phi) is 6.49. The number of carbonyl (C=O) groups is 1. The first-order chi connectivity index (χ1) is 15.8. The molecule has 1 aliphatic heterocycles. The Hall–Kier alpha value is -3.61. The van der Waals surface area contributed by atoms with Crippen molar-refractivity contribution < 1.29 is 9.53 Å². The molecule has 1 aliphatic rings. The summed E-state index contributed by atoms with van der Waals surface area (Å²) >= 11 is 0.